The maximum Gasteiger partial charge on any atom is 0.311 e. The van der Waals surface area contributed by atoms with E-state index in [9.17, 15) is 10.1 Å². The molecule has 116 valence electrons. The van der Waals surface area contributed by atoms with Gasteiger partial charge in [0.2, 0.25) is 0 Å². The Morgan fingerprint density at radius 2 is 2.33 bits per heavy atom. The first-order valence-electron chi connectivity index (χ1n) is 7.52. The SMILES string of the molecule is CCOc1cc(N2CCCC(CCN)C2)ccc1[N+](=O)[O-]. The van der Waals surface area contributed by atoms with Gasteiger partial charge < -0.3 is 15.4 Å². The number of hydrogen-bond acceptors (Lipinski definition) is 5. The Morgan fingerprint density at radius 1 is 1.52 bits per heavy atom. The molecule has 2 rings (SSSR count). The molecule has 1 saturated heterocycles. The molecule has 0 spiro atoms. The van der Waals surface area contributed by atoms with Crippen LogP contribution in [0.1, 0.15) is 26.2 Å². The van der Waals surface area contributed by atoms with Crippen LogP contribution in [0.4, 0.5) is 11.4 Å². The Labute approximate surface area is 125 Å². The minimum Gasteiger partial charge on any atom is -0.487 e. The van der Waals surface area contributed by atoms with Gasteiger partial charge in [0, 0.05) is 30.9 Å². The van der Waals surface area contributed by atoms with Crippen LogP contribution < -0.4 is 15.4 Å². The molecule has 1 aliphatic rings. The summed E-state index contributed by atoms with van der Waals surface area (Å²) in [7, 11) is 0. The predicted molar refractivity (Wildman–Crippen MR) is 82.9 cm³/mol. The molecule has 21 heavy (non-hydrogen) atoms. The van der Waals surface area contributed by atoms with Crippen LogP contribution in [0.3, 0.4) is 0 Å². The van der Waals surface area contributed by atoms with Crippen LogP contribution in [0.5, 0.6) is 5.75 Å². The van der Waals surface area contributed by atoms with Crippen LogP contribution in [0.15, 0.2) is 18.2 Å². The van der Waals surface area contributed by atoms with Crippen LogP contribution in [0.25, 0.3) is 0 Å². The molecule has 0 aromatic heterocycles. The molecule has 0 saturated carbocycles. The molecular formula is C15H23N3O3. The first-order chi connectivity index (χ1) is 10.2. The van der Waals surface area contributed by atoms with Gasteiger partial charge in [-0.15, -0.1) is 0 Å². The largest absolute Gasteiger partial charge is 0.487 e. The zero-order valence-corrected chi connectivity index (χ0v) is 12.5. The molecule has 0 aliphatic carbocycles. The molecule has 1 atom stereocenters. The fourth-order valence-corrected chi connectivity index (χ4v) is 2.89. The summed E-state index contributed by atoms with van der Waals surface area (Å²) in [5.41, 5.74) is 6.66. The van der Waals surface area contributed by atoms with Gasteiger partial charge >= 0.3 is 5.69 Å². The molecule has 0 radical (unpaired) electrons. The van der Waals surface area contributed by atoms with Crippen LogP contribution >= 0.6 is 0 Å². The highest BCUT2D eigenvalue weighted by Gasteiger charge is 2.22. The summed E-state index contributed by atoms with van der Waals surface area (Å²) < 4.78 is 5.42. The third-order valence-electron chi connectivity index (χ3n) is 3.90. The molecule has 1 aromatic rings. The lowest BCUT2D eigenvalue weighted by Crippen LogP contribution is -2.36. The number of piperidine rings is 1. The highest BCUT2D eigenvalue weighted by Crippen LogP contribution is 2.33. The van der Waals surface area contributed by atoms with Crippen molar-refractivity contribution >= 4 is 11.4 Å². The first-order valence-corrected chi connectivity index (χ1v) is 7.52. The summed E-state index contributed by atoms with van der Waals surface area (Å²) in [4.78, 5) is 12.9. The molecule has 1 unspecified atom stereocenters. The summed E-state index contributed by atoms with van der Waals surface area (Å²) in [6, 6.07) is 5.13. The Hall–Kier alpha value is -1.82. The number of hydrogen-bond donors (Lipinski definition) is 1. The van der Waals surface area contributed by atoms with E-state index in [1.807, 2.05) is 13.0 Å². The van der Waals surface area contributed by atoms with Gasteiger partial charge in [0.25, 0.3) is 0 Å². The van der Waals surface area contributed by atoms with Gasteiger partial charge in [0.05, 0.1) is 11.5 Å². The number of benzene rings is 1. The third kappa shape index (κ3) is 3.85. The van der Waals surface area contributed by atoms with Crippen molar-refractivity contribution in [3.63, 3.8) is 0 Å². The molecule has 1 aromatic carbocycles. The van der Waals surface area contributed by atoms with Crippen LogP contribution in [-0.4, -0.2) is 31.2 Å². The van der Waals surface area contributed by atoms with Crippen LogP contribution in [0, 0.1) is 16.0 Å². The molecule has 6 heteroatoms. The Bertz CT molecular complexity index is 491. The lowest BCUT2D eigenvalue weighted by atomic mass is 9.94. The third-order valence-corrected chi connectivity index (χ3v) is 3.90. The summed E-state index contributed by atoms with van der Waals surface area (Å²) in [6.07, 6.45) is 3.37. The normalized spacial score (nSPS) is 18.6. The average Bonchev–Trinajstić information content (AvgIpc) is 2.48. The van der Waals surface area contributed by atoms with Crippen molar-refractivity contribution in [2.75, 3.05) is 31.1 Å². The van der Waals surface area contributed by atoms with Crippen molar-refractivity contribution in [3.05, 3.63) is 28.3 Å². The first kappa shape index (κ1) is 15.6. The van der Waals surface area contributed by atoms with Gasteiger partial charge in [0.15, 0.2) is 5.75 Å². The molecule has 1 aliphatic heterocycles. The van der Waals surface area contributed by atoms with E-state index in [4.69, 9.17) is 10.5 Å². The van der Waals surface area contributed by atoms with Crippen molar-refractivity contribution in [1.82, 2.24) is 0 Å². The average molecular weight is 293 g/mol. The lowest BCUT2D eigenvalue weighted by molar-refractivity contribution is -0.385. The van der Waals surface area contributed by atoms with E-state index in [1.165, 1.54) is 12.5 Å². The van der Waals surface area contributed by atoms with Crippen molar-refractivity contribution in [2.45, 2.75) is 26.2 Å². The minimum atomic E-state index is -0.401. The molecular weight excluding hydrogens is 270 g/mol. The van der Waals surface area contributed by atoms with Gasteiger partial charge in [-0.05, 0) is 44.7 Å². The zero-order chi connectivity index (χ0) is 15.2. The van der Waals surface area contributed by atoms with Gasteiger partial charge in [0.1, 0.15) is 0 Å². The molecule has 1 fully saturated rings. The zero-order valence-electron chi connectivity index (χ0n) is 12.5. The Morgan fingerprint density at radius 3 is 3.00 bits per heavy atom. The number of ether oxygens (including phenoxy) is 1. The smallest absolute Gasteiger partial charge is 0.311 e. The maximum atomic E-state index is 11.0. The number of nitro benzene ring substituents is 1. The van der Waals surface area contributed by atoms with Gasteiger partial charge in [-0.3, -0.25) is 10.1 Å². The van der Waals surface area contributed by atoms with Gasteiger partial charge in [-0.2, -0.15) is 0 Å². The monoisotopic (exact) mass is 293 g/mol. The van der Waals surface area contributed by atoms with E-state index in [2.05, 4.69) is 4.90 Å². The number of anilines is 1. The fraction of sp³-hybridized carbons (Fsp3) is 0.600. The second-order valence-electron chi connectivity index (χ2n) is 5.37. The van der Waals surface area contributed by atoms with Gasteiger partial charge in [-0.25, -0.2) is 0 Å². The van der Waals surface area contributed by atoms with E-state index < -0.39 is 4.92 Å². The highest BCUT2D eigenvalue weighted by molar-refractivity contribution is 5.59. The topological polar surface area (TPSA) is 81.6 Å². The van der Waals surface area contributed by atoms with E-state index in [0.717, 1.165) is 31.6 Å². The molecule has 1 heterocycles. The Kier molecular flexibility index (Phi) is 5.38. The summed E-state index contributed by atoms with van der Waals surface area (Å²) >= 11 is 0. The predicted octanol–water partition coefficient (Wildman–Crippen LogP) is 2.56. The summed E-state index contributed by atoms with van der Waals surface area (Å²) in [5, 5.41) is 11.0. The molecule has 6 nitrogen and oxygen atoms in total. The summed E-state index contributed by atoms with van der Waals surface area (Å²) in [6.45, 7) is 4.89. The lowest BCUT2D eigenvalue weighted by Gasteiger charge is -2.34. The van der Waals surface area contributed by atoms with E-state index in [0.29, 0.717) is 24.8 Å². The van der Waals surface area contributed by atoms with E-state index >= 15 is 0 Å². The molecule has 0 bridgehead atoms. The van der Waals surface area contributed by atoms with E-state index in [1.54, 1.807) is 6.07 Å². The van der Waals surface area contributed by atoms with Crippen molar-refractivity contribution in [2.24, 2.45) is 11.7 Å². The minimum absolute atomic E-state index is 0.0242. The fourth-order valence-electron chi connectivity index (χ4n) is 2.89. The standard InChI is InChI=1S/C15H23N3O3/c1-2-21-15-10-13(5-6-14(15)18(19)20)17-9-3-4-12(11-17)7-8-16/h5-6,10,12H,2-4,7-9,11,16H2,1H3. The number of nitrogens with two attached hydrogens (primary N) is 1. The van der Waals surface area contributed by atoms with Crippen molar-refractivity contribution in [3.8, 4) is 5.75 Å². The highest BCUT2D eigenvalue weighted by atomic mass is 16.6. The maximum absolute atomic E-state index is 11.0. The number of nitrogens with zero attached hydrogens (tertiary/aromatic N) is 2. The summed E-state index contributed by atoms with van der Waals surface area (Å²) in [5.74, 6) is 0.954. The quantitative estimate of drug-likeness (QED) is 0.644. The number of nitro groups is 1. The Balaban J connectivity index is 2.19. The van der Waals surface area contributed by atoms with Gasteiger partial charge in [-0.1, -0.05) is 0 Å². The number of rotatable bonds is 6. The van der Waals surface area contributed by atoms with E-state index in [-0.39, 0.29) is 5.69 Å². The van der Waals surface area contributed by atoms with Crippen molar-refractivity contribution < 1.29 is 9.66 Å². The van der Waals surface area contributed by atoms with Crippen LogP contribution in [-0.2, 0) is 0 Å². The van der Waals surface area contributed by atoms with Crippen molar-refractivity contribution in [1.29, 1.82) is 0 Å². The molecule has 2 N–H and O–H groups in total. The molecule has 0 amide bonds. The second-order valence-corrected chi connectivity index (χ2v) is 5.37. The second kappa shape index (κ2) is 7.26. The van der Waals surface area contributed by atoms with Crippen LogP contribution in [0.2, 0.25) is 0 Å².